The van der Waals surface area contributed by atoms with Crippen LogP contribution in [0.3, 0.4) is 0 Å². The zero-order valence-electron chi connectivity index (χ0n) is 18.2. The fourth-order valence-corrected chi connectivity index (χ4v) is 4.11. The highest BCUT2D eigenvalue weighted by Crippen LogP contribution is 2.15. The molecule has 2 heterocycles. The molecule has 7 nitrogen and oxygen atoms in total. The van der Waals surface area contributed by atoms with E-state index in [0.29, 0.717) is 0 Å². The molecule has 0 aromatic carbocycles. The van der Waals surface area contributed by atoms with Crippen LogP contribution in [0.25, 0.3) is 0 Å². The van der Waals surface area contributed by atoms with Crippen LogP contribution >= 0.6 is 0 Å². The lowest BCUT2D eigenvalue weighted by molar-refractivity contribution is -0.0790. The quantitative estimate of drug-likeness (QED) is 0.782. The molecule has 2 fully saturated rings. The summed E-state index contributed by atoms with van der Waals surface area (Å²) in [6.07, 6.45) is 0.480. The van der Waals surface area contributed by atoms with Crippen molar-refractivity contribution in [3.63, 3.8) is 0 Å². The standard InChI is InChI=1S/C20H39N3O4/c1-14-8-22(9-15(2)25-14)12-18(21-19(24)27-20(5,6)7)13-23-10-16(3)26-17(4)11-23/h14-18H,8-13H2,1-7H3,(H,21,24)/t14-,15+,16-,17+. The molecule has 2 aliphatic heterocycles. The van der Waals surface area contributed by atoms with Gasteiger partial charge in [0.05, 0.1) is 30.5 Å². The number of carbonyl (C=O) groups is 1. The first-order valence-corrected chi connectivity index (χ1v) is 10.3. The summed E-state index contributed by atoms with van der Waals surface area (Å²) in [6.45, 7) is 19.2. The fourth-order valence-electron chi connectivity index (χ4n) is 4.11. The van der Waals surface area contributed by atoms with E-state index < -0.39 is 5.60 Å². The first-order chi connectivity index (χ1) is 12.5. The Morgan fingerprint density at radius 1 is 0.926 bits per heavy atom. The van der Waals surface area contributed by atoms with E-state index in [2.05, 4.69) is 42.8 Å². The van der Waals surface area contributed by atoms with Crippen molar-refractivity contribution in [1.82, 2.24) is 15.1 Å². The maximum atomic E-state index is 12.4. The third-order valence-corrected chi connectivity index (χ3v) is 4.67. The average molecular weight is 386 g/mol. The number of hydrogen-bond acceptors (Lipinski definition) is 6. The first-order valence-electron chi connectivity index (χ1n) is 10.3. The van der Waals surface area contributed by atoms with Gasteiger partial charge >= 0.3 is 6.09 Å². The molecule has 0 bridgehead atoms. The normalized spacial score (nSPS) is 31.1. The van der Waals surface area contributed by atoms with E-state index in [1.165, 1.54) is 0 Å². The molecule has 2 aliphatic rings. The summed E-state index contributed by atoms with van der Waals surface area (Å²) in [5.74, 6) is 0. The van der Waals surface area contributed by atoms with Gasteiger partial charge in [0.15, 0.2) is 0 Å². The van der Waals surface area contributed by atoms with Crippen LogP contribution in [0.1, 0.15) is 48.5 Å². The molecule has 4 atom stereocenters. The summed E-state index contributed by atoms with van der Waals surface area (Å²) in [5, 5.41) is 3.10. The lowest BCUT2D eigenvalue weighted by atomic mass is 10.1. The molecule has 7 heteroatoms. The number of ether oxygens (including phenoxy) is 3. The van der Waals surface area contributed by atoms with E-state index in [-0.39, 0.29) is 36.6 Å². The second kappa shape index (κ2) is 9.54. The van der Waals surface area contributed by atoms with Crippen LogP contribution in [0, 0.1) is 0 Å². The molecule has 0 aromatic heterocycles. The van der Waals surface area contributed by atoms with Crippen molar-refractivity contribution >= 4 is 6.09 Å². The van der Waals surface area contributed by atoms with Gasteiger partial charge in [-0.15, -0.1) is 0 Å². The molecule has 0 spiro atoms. The Kier molecular flexibility index (Phi) is 7.92. The third kappa shape index (κ3) is 8.34. The highest BCUT2D eigenvalue weighted by Gasteiger charge is 2.29. The number of carbonyl (C=O) groups excluding carboxylic acids is 1. The van der Waals surface area contributed by atoms with Gasteiger partial charge < -0.3 is 19.5 Å². The Bertz CT molecular complexity index is 434. The fraction of sp³-hybridized carbons (Fsp3) is 0.950. The van der Waals surface area contributed by atoms with Crippen LogP contribution in [0.4, 0.5) is 4.79 Å². The summed E-state index contributed by atoms with van der Waals surface area (Å²) in [7, 11) is 0. The third-order valence-electron chi connectivity index (χ3n) is 4.67. The maximum absolute atomic E-state index is 12.4. The van der Waals surface area contributed by atoms with E-state index in [9.17, 15) is 4.79 Å². The van der Waals surface area contributed by atoms with Crippen molar-refractivity contribution in [3.05, 3.63) is 0 Å². The molecule has 0 aromatic rings. The average Bonchev–Trinajstić information content (AvgIpc) is 2.42. The van der Waals surface area contributed by atoms with Crippen molar-refractivity contribution in [1.29, 1.82) is 0 Å². The molecular weight excluding hydrogens is 346 g/mol. The van der Waals surface area contributed by atoms with Gasteiger partial charge in [-0.1, -0.05) is 0 Å². The molecule has 158 valence electrons. The van der Waals surface area contributed by atoms with Crippen LogP contribution in [0.2, 0.25) is 0 Å². The van der Waals surface area contributed by atoms with Gasteiger partial charge in [0.2, 0.25) is 0 Å². The van der Waals surface area contributed by atoms with Crippen molar-refractivity contribution in [2.45, 2.75) is 84.5 Å². The predicted octanol–water partition coefficient (Wildman–Crippen LogP) is 2.10. The number of morpholine rings is 2. The highest BCUT2D eigenvalue weighted by atomic mass is 16.6. The number of nitrogens with one attached hydrogen (secondary N) is 1. The van der Waals surface area contributed by atoms with Crippen molar-refractivity contribution in [3.8, 4) is 0 Å². The van der Waals surface area contributed by atoms with E-state index in [1.807, 2.05) is 20.8 Å². The Hall–Kier alpha value is -0.890. The van der Waals surface area contributed by atoms with Gasteiger partial charge in [-0.05, 0) is 48.5 Å². The highest BCUT2D eigenvalue weighted by molar-refractivity contribution is 5.68. The van der Waals surface area contributed by atoms with Crippen LogP contribution in [0.5, 0.6) is 0 Å². The Labute approximate surface area is 164 Å². The number of amides is 1. The summed E-state index contributed by atoms with van der Waals surface area (Å²) in [4.78, 5) is 17.2. The molecular formula is C20H39N3O4. The van der Waals surface area contributed by atoms with Gasteiger partial charge in [-0.2, -0.15) is 0 Å². The van der Waals surface area contributed by atoms with E-state index in [1.54, 1.807) is 0 Å². The first kappa shape index (κ1) is 22.4. The van der Waals surface area contributed by atoms with E-state index >= 15 is 0 Å². The molecule has 0 saturated carbocycles. The maximum Gasteiger partial charge on any atom is 0.407 e. The summed E-state index contributed by atoms with van der Waals surface area (Å²) >= 11 is 0. The zero-order valence-corrected chi connectivity index (χ0v) is 18.2. The lowest BCUT2D eigenvalue weighted by Crippen LogP contribution is -2.57. The van der Waals surface area contributed by atoms with Crippen LogP contribution in [0.15, 0.2) is 0 Å². The molecule has 2 saturated heterocycles. The monoisotopic (exact) mass is 385 g/mol. The lowest BCUT2D eigenvalue weighted by Gasteiger charge is -2.40. The Morgan fingerprint density at radius 2 is 1.30 bits per heavy atom. The molecule has 0 unspecified atom stereocenters. The van der Waals surface area contributed by atoms with Gasteiger partial charge in [-0.3, -0.25) is 9.80 Å². The number of nitrogens with zero attached hydrogens (tertiary/aromatic N) is 2. The predicted molar refractivity (Wildman–Crippen MR) is 106 cm³/mol. The second-order valence-corrected chi connectivity index (χ2v) is 9.29. The van der Waals surface area contributed by atoms with Gasteiger partial charge in [0, 0.05) is 39.3 Å². The summed E-state index contributed by atoms with van der Waals surface area (Å²) in [6, 6.07) is -0.00477. The minimum Gasteiger partial charge on any atom is -0.444 e. The van der Waals surface area contributed by atoms with Crippen molar-refractivity contribution in [2.75, 3.05) is 39.3 Å². The molecule has 2 rings (SSSR count). The van der Waals surface area contributed by atoms with Crippen LogP contribution in [-0.4, -0.2) is 91.2 Å². The minimum atomic E-state index is -0.501. The van der Waals surface area contributed by atoms with E-state index in [4.69, 9.17) is 14.2 Å². The van der Waals surface area contributed by atoms with Gasteiger partial charge in [0.1, 0.15) is 5.60 Å². The number of alkyl carbamates (subject to hydrolysis) is 1. The molecule has 0 radical (unpaired) electrons. The zero-order chi connectivity index (χ0) is 20.2. The molecule has 1 N–H and O–H groups in total. The van der Waals surface area contributed by atoms with Gasteiger partial charge in [0.25, 0.3) is 0 Å². The summed E-state index contributed by atoms with van der Waals surface area (Å²) < 4.78 is 17.2. The molecule has 27 heavy (non-hydrogen) atoms. The number of hydrogen-bond donors (Lipinski definition) is 1. The van der Waals surface area contributed by atoms with E-state index in [0.717, 1.165) is 39.3 Å². The van der Waals surface area contributed by atoms with Crippen molar-refractivity contribution < 1.29 is 19.0 Å². The summed E-state index contributed by atoms with van der Waals surface area (Å²) in [5.41, 5.74) is -0.501. The van der Waals surface area contributed by atoms with Gasteiger partial charge in [-0.25, -0.2) is 4.79 Å². The topological polar surface area (TPSA) is 63.3 Å². The smallest absolute Gasteiger partial charge is 0.407 e. The Balaban J connectivity index is 1.99. The molecule has 0 aliphatic carbocycles. The van der Waals surface area contributed by atoms with Crippen molar-refractivity contribution in [2.24, 2.45) is 0 Å². The largest absolute Gasteiger partial charge is 0.444 e. The Morgan fingerprint density at radius 3 is 1.63 bits per heavy atom. The minimum absolute atomic E-state index is 0.00477. The van der Waals surface area contributed by atoms with Crippen LogP contribution < -0.4 is 5.32 Å². The SMILES string of the molecule is C[C@@H]1CN(CC(CN2C[C@@H](C)O[C@@H](C)C2)NC(=O)OC(C)(C)C)C[C@H](C)O1. The second-order valence-electron chi connectivity index (χ2n) is 9.29. The number of rotatable bonds is 5. The molecule has 1 amide bonds. The van der Waals surface area contributed by atoms with Crippen LogP contribution in [-0.2, 0) is 14.2 Å².